The van der Waals surface area contributed by atoms with Crippen molar-refractivity contribution in [1.82, 2.24) is 5.32 Å². The van der Waals surface area contributed by atoms with Crippen molar-refractivity contribution in [2.75, 3.05) is 26.3 Å². The molecule has 1 aliphatic rings. The number of nitrogens with one attached hydrogen (secondary N) is 1. The monoisotopic (exact) mass is 301 g/mol. The van der Waals surface area contributed by atoms with Crippen LogP contribution in [-0.2, 0) is 4.74 Å². The predicted molar refractivity (Wildman–Crippen MR) is 86.3 cm³/mol. The summed E-state index contributed by atoms with van der Waals surface area (Å²) in [5.41, 5.74) is 0. The molecule has 0 radical (unpaired) electrons. The Bertz CT molecular complexity index is 244. The van der Waals surface area contributed by atoms with Crippen LogP contribution in [0.5, 0.6) is 0 Å². The maximum absolute atomic E-state index is 9.98. The third-order valence-corrected chi connectivity index (χ3v) is 4.46. The zero-order valence-corrected chi connectivity index (χ0v) is 13.9. The van der Waals surface area contributed by atoms with Gasteiger partial charge in [0, 0.05) is 13.2 Å². The van der Waals surface area contributed by atoms with Crippen LogP contribution >= 0.6 is 0 Å². The third-order valence-electron chi connectivity index (χ3n) is 4.46. The van der Waals surface area contributed by atoms with Gasteiger partial charge in [0.1, 0.15) is 0 Å². The van der Waals surface area contributed by atoms with Gasteiger partial charge in [0.15, 0.2) is 0 Å². The van der Waals surface area contributed by atoms with Gasteiger partial charge in [0.05, 0.1) is 18.8 Å². The molecule has 21 heavy (non-hydrogen) atoms. The lowest BCUT2D eigenvalue weighted by Gasteiger charge is -2.27. The van der Waals surface area contributed by atoms with E-state index >= 15 is 0 Å². The summed E-state index contributed by atoms with van der Waals surface area (Å²) in [4.78, 5) is 0. The van der Waals surface area contributed by atoms with Crippen molar-refractivity contribution in [1.29, 1.82) is 0 Å². The lowest BCUT2D eigenvalue weighted by atomic mass is 9.89. The van der Waals surface area contributed by atoms with E-state index in [0.29, 0.717) is 25.2 Å². The van der Waals surface area contributed by atoms with Crippen LogP contribution in [0.2, 0.25) is 0 Å². The van der Waals surface area contributed by atoms with E-state index in [9.17, 15) is 5.11 Å². The molecule has 4 nitrogen and oxygen atoms in total. The van der Waals surface area contributed by atoms with Gasteiger partial charge in [-0.25, -0.2) is 0 Å². The molecule has 0 aromatic carbocycles. The molecule has 3 N–H and O–H groups in total. The Hall–Kier alpha value is -0.160. The summed E-state index contributed by atoms with van der Waals surface area (Å²) in [6.07, 6.45) is 7.85. The molecule has 0 spiro atoms. The molecule has 0 amide bonds. The molecular weight excluding hydrogens is 266 g/mol. The van der Waals surface area contributed by atoms with Crippen LogP contribution in [0.15, 0.2) is 0 Å². The maximum atomic E-state index is 9.98. The summed E-state index contributed by atoms with van der Waals surface area (Å²) in [5.74, 6) is 1.26. The van der Waals surface area contributed by atoms with E-state index in [0.717, 1.165) is 44.6 Å². The molecule has 0 aliphatic heterocycles. The van der Waals surface area contributed by atoms with Crippen molar-refractivity contribution >= 4 is 0 Å². The Morgan fingerprint density at radius 3 is 2.71 bits per heavy atom. The van der Waals surface area contributed by atoms with E-state index in [4.69, 9.17) is 9.84 Å². The SMILES string of the molecule is CCCC(CCO)CNCC(O)COC1CCCC(C)C1. The van der Waals surface area contributed by atoms with Crippen molar-refractivity contribution in [3.05, 3.63) is 0 Å². The van der Waals surface area contributed by atoms with Crippen molar-refractivity contribution in [2.45, 2.75) is 71.0 Å². The van der Waals surface area contributed by atoms with Crippen molar-refractivity contribution in [3.8, 4) is 0 Å². The molecule has 0 aromatic rings. The molecule has 1 aliphatic carbocycles. The lowest BCUT2D eigenvalue weighted by Crippen LogP contribution is -2.35. The van der Waals surface area contributed by atoms with E-state index in [1.54, 1.807) is 0 Å². The highest BCUT2D eigenvalue weighted by Crippen LogP contribution is 2.25. The van der Waals surface area contributed by atoms with Gasteiger partial charge in [-0.2, -0.15) is 0 Å². The first-order valence-electron chi connectivity index (χ1n) is 8.76. The van der Waals surface area contributed by atoms with Crippen LogP contribution in [0.1, 0.15) is 58.8 Å². The highest BCUT2D eigenvalue weighted by atomic mass is 16.5. The fraction of sp³-hybridized carbons (Fsp3) is 1.00. The van der Waals surface area contributed by atoms with Gasteiger partial charge in [0.2, 0.25) is 0 Å². The van der Waals surface area contributed by atoms with Gasteiger partial charge in [-0.15, -0.1) is 0 Å². The molecule has 0 saturated heterocycles. The molecular formula is C17H35NO3. The first kappa shape index (κ1) is 18.9. The van der Waals surface area contributed by atoms with Gasteiger partial charge in [-0.1, -0.05) is 33.1 Å². The van der Waals surface area contributed by atoms with Crippen molar-refractivity contribution in [2.24, 2.45) is 11.8 Å². The summed E-state index contributed by atoms with van der Waals surface area (Å²) in [6, 6.07) is 0. The minimum atomic E-state index is -0.432. The Balaban J connectivity index is 2.08. The number of aliphatic hydroxyl groups is 2. The topological polar surface area (TPSA) is 61.7 Å². The molecule has 4 unspecified atom stereocenters. The number of hydrogen-bond acceptors (Lipinski definition) is 4. The molecule has 126 valence electrons. The Labute approximate surface area is 130 Å². The number of hydrogen-bond donors (Lipinski definition) is 3. The Kier molecular flexibility index (Phi) is 10.3. The zero-order chi connectivity index (χ0) is 15.5. The second-order valence-electron chi connectivity index (χ2n) is 6.71. The zero-order valence-electron chi connectivity index (χ0n) is 13.9. The molecule has 1 fully saturated rings. The van der Waals surface area contributed by atoms with Crippen LogP contribution in [0, 0.1) is 11.8 Å². The van der Waals surface area contributed by atoms with Crippen LogP contribution in [0.4, 0.5) is 0 Å². The van der Waals surface area contributed by atoms with Crippen LogP contribution < -0.4 is 5.32 Å². The first-order valence-corrected chi connectivity index (χ1v) is 8.76. The second-order valence-corrected chi connectivity index (χ2v) is 6.71. The molecule has 0 aromatic heterocycles. The normalized spacial score (nSPS) is 25.7. The van der Waals surface area contributed by atoms with Gasteiger partial charge < -0.3 is 20.3 Å². The van der Waals surface area contributed by atoms with E-state index in [1.807, 2.05) is 0 Å². The van der Waals surface area contributed by atoms with Crippen LogP contribution in [0.3, 0.4) is 0 Å². The summed E-state index contributed by atoms with van der Waals surface area (Å²) in [7, 11) is 0. The fourth-order valence-electron chi connectivity index (χ4n) is 3.23. The average molecular weight is 301 g/mol. The van der Waals surface area contributed by atoms with Gasteiger partial charge >= 0.3 is 0 Å². The standard InChI is InChI=1S/C17H35NO3/c1-3-5-15(8-9-19)11-18-12-16(20)13-21-17-7-4-6-14(2)10-17/h14-20H,3-13H2,1-2H3. The number of ether oxygens (including phenoxy) is 1. The van der Waals surface area contributed by atoms with Gasteiger partial charge in [0.25, 0.3) is 0 Å². The summed E-state index contributed by atoms with van der Waals surface area (Å²) >= 11 is 0. The number of rotatable bonds is 11. The second kappa shape index (κ2) is 11.4. The first-order chi connectivity index (χ1) is 10.2. The van der Waals surface area contributed by atoms with Crippen molar-refractivity contribution < 1.29 is 14.9 Å². The van der Waals surface area contributed by atoms with Gasteiger partial charge in [-0.05, 0) is 44.1 Å². The largest absolute Gasteiger partial charge is 0.396 e. The lowest BCUT2D eigenvalue weighted by molar-refractivity contribution is -0.0307. The average Bonchev–Trinajstić information content (AvgIpc) is 2.46. The van der Waals surface area contributed by atoms with E-state index < -0.39 is 6.10 Å². The summed E-state index contributed by atoms with van der Waals surface area (Å²) < 4.78 is 5.84. The van der Waals surface area contributed by atoms with E-state index in [-0.39, 0.29) is 6.61 Å². The molecule has 4 atom stereocenters. The summed E-state index contributed by atoms with van der Waals surface area (Å²) in [6.45, 7) is 6.57. The molecule has 0 bridgehead atoms. The van der Waals surface area contributed by atoms with E-state index in [2.05, 4.69) is 19.2 Å². The highest BCUT2D eigenvalue weighted by molar-refractivity contribution is 4.72. The van der Waals surface area contributed by atoms with Crippen LogP contribution in [0.25, 0.3) is 0 Å². The molecule has 1 rings (SSSR count). The van der Waals surface area contributed by atoms with E-state index in [1.165, 1.54) is 12.8 Å². The van der Waals surface area contributed by atoms with Crippen LogP contribution in [-0.4, -0.2) is 48.7 Å². The summed E-state index contributed by atoms with van der Waals surface area (Å²) in [5, 5.41) is 22.3. The molecule has 0 heterocycles. The number of aliphatic hydroxyl groups excluding tert-OH is 2. The fourth-order valence-corrected chi connectivity index (χ4v) is 3.23. The third kappa shape index (κ3) is 8.77. The minimum Gasteiger partial charge on any atom is -0.396 e. The highest BCUT2D eigenvalue weighted by Gasteiger charge is 2.20. The quantitative estimate of drug-likeness (QED) is 0.548. The van der Waals surface area contributed by atoms with Crippen molar-refractivity contribution in [3.63, 3.8) is 0 Å². The molecule has 4 heteroatoms. The molecule has 1 saturated carbocycles. The predicted octanol–water partition coefficient (Wildman–Crippen LogP) is 2.33. The Morgan fingerprint density at radius 1 is 1.24 bits per heavy atom. The van der Waals surface area contributed by atoms with Gasteiger partial charge in [-0.3, -0.25) is 0 Å². The Morgan fingerprint density at radius 2 is 2.05 bits per heavy atom. The smallest absolute Gasteiger partial charge is 0.0897 e. The minimum absolute atomic E-state index is 0.248. The maximum Gasteiger partial charge on any atom is 0.0897 e.